The third-order valence-corrected chi connectivity index (χ3v) is 3.33. The van der Waals surface area contributed by atoms with Crippen molar-refractivity contribution in [1.29, 1.82) is 0 Å². The maximum atomic E-state index is 5.79. The number of nitrogens with zero attached hydrogens (tertiary/aromatic N) is 2. The molecule has 3 heteroatoms. The third-order valence-electron chi connectivity index (χ3n) is 3.33. The van der Waals surface area contributed by atoms with Crippen molar-refractivity contribution in [1.82, 2.24) is 9.55 Å². The number of hydrogen-bond acceptors (Lipinski definition) is 2. The van der Waals surface area contributed by atoms with Crippen LogP contribution in [-0.2, 0) is 13.7 Å². The van der Waals surface area contributed by atoms with Gasteiger partial charge in [-0.25, -0.2) is 0 Å². The van der Waals surface area contributed by atoms with E-state index >= 15 is 0 Å². The van der Waals surface area contributed by atoms with Crippen LogP contribution < -0.4 is 4.74 Å². The van der Waals surface area contributed by atoms with Gasteiger partial charge in [-0.2, -0.15) is 0 Å². The summed E-state index contributed by atoms with van der Waals surface area (Å²) in [7, 11) is 2.06. The van der Waals surface area contributed by atoms with E-state index in [4.69, 9.17) is 4.74 Å². The zero-order valence-corrected chi connectivity index (χ0v) is 11.1. The zero-order valence-electron chi connectivity index (χ0n) is 11.1. The number of aryl methyl sites for hydroxylation is 2. The predicted octanol–water partition coefficient (Wildman–Crippen LogP) is 3.46. The Hall–Kier alpha value is -2.29. The molecule has 1 aromatic carbocycles. The van der Waals surface area contributed by atoms with Crippen LogP contribution >= 0.6 is 0 Å². The van der Waals surface area contributed by atoms with Gasteiger partial charge in [0.2, 0.25) is 0 Å². The van der Waals surface area contributed by atoms with Crippen molar-refractivity contribution < 1.29 is 4.74 Å². The first-order chi connectivity index (χ1) is 9.25. The summed E-state index contributed by atoms with van der Waals surface area (Å²) < 4.78 is 7.94. The van der Waals surface area contributed by atoms with Crippen molar-refractivity contribution >= 4 is 10.9 Å². The molecule has 3 rings (SSSR count). The van der Waals surface area contributed by atoms with E-state index in [9.17, 15) is 0 Å². The van der Waals surface area contributed by atoms with Gasteiger partial charge < -0.3 is 9.30 Å². The highest BCUT2D eigenvalue weighted by atomic mass is 16.5. The van der Waals surface area contributed by atoms with Crippen LogP contribution in [0, 0.1) is 6.92 Å². The van der Waals surface area contributed by atoms with E-state index < -0.39 is 0 Å². The summed E-state index contributed by atoms with van der Waals surface area (Å²) in [4.78, 5) is 4.05. The highest BCUT2D eigenvalue weighted by Crippen LogP contribution is 2.25. The van der Waals surface area contributed by atoms with Gasteiger partial charge in [-0.1, -0.05) is 12.1 Å². The summed E-state index contributed by atoms with van der Waals surface area (Å²) in [6.45, 7) is 2.70. The summed E-state index contributed by atoms with van der Waals surface area (Å²) >= 11 is 0. The van der Waals surface area contributed by atoms with Crippen molar-refractivity contribution in [2.75, 3.05) is 0 Å². The Morgan fingerprint density at radius 2 is 2.11 bits per heavy atom. The molecule has 0 unspecified atom stereocenters. The van der Waals surface area contributed by atoms with Crippen LogP contribution in [0.25, 0.3) is 10.9 Å². The van der Waals surface area contributed by atoms with E-state index in [1.165, 1.54) is 22.0 Å². The molecule has 0 aliphatic rings. The number of rotatable bonds is 3. The maximum absolute atomic E-state index is 5.79. The lowest BCUT2D eigenvalue weighted by atomic mass is 10.1. The molecule has 96 valence electrons. The second kappa shape index (κ2) is 4.76. The van der Waals surface area contributed by atoms with Gasteiger partial charge in [0.1, 0.15) is 12.4 Å². The second-order valence-electron chi connectivity index (χ2n) is 4.71. The Labute approximate surface area is 112 Å². The van der Waals surface area contributed by atoms with E-state index in [2.05, 4.69) is 47.9 Å². The van der Waals surface area contributed by atoms with Gasteiger partial charge in [0.15, 0.2) is 0 Å². The zero-order chi connectivity index (χ0) is 13.2. The minimum absolute atomic E-state index is 0.563. The van der Waals surface area contributed by atoms with Crippen LogP contribution in [0.3, 0.4) is 0 Å². The molecule has 0 amide bonds. The van der Waals surface area contributed by atoms with Gasteiger partial charge in [0.05, 0.1) is 6.20 Å². The van der Waals surface area contributed by atoms with E-state index in [0.717, 1.165) is 5.75 Å². The van der Waals surface area contributed by atoms with Gasteiger partial charge >= 0.3 is 0 Å². The summed E-state index contributed by atoms with van der Waals surface area (Å²) in [5, 5.41) is 1.29. The summed E-state index contributed by atoms with van der Waals surface area (Å²) in [6, 6.07) is 10.2. The molecule has 2 aromatic heterocycles. The monoisotopic (exact) mass is 252 g/mol. The molecular weight excluding hydrogens is 236 g/mol. The summed E-state index contributed by atoms with van der Waals surface area (Å²) in [5.41, 5.74) is 3.73. The minimum atomic E-state index is 0.563. The van der Waals surface area contributed by atoms with Crippen molar-refractivity contribution in [3.8, 4) is 5.75 Å². The first-order valence-corrected chi connectivity index (χ1v) is 6.32. The number of aromatic nitrogens is 2. The quantitative estimate of drug-likeness (QED) is 0.713. The van der Waals surface area contributed by atoms with Crippen molar-refractivity contribution in [3.63, 3.8) is 0 Å². The third kappa shape index (κ3) is 2.19. The molecule has 3 aromatic rings. The van der Waals surface area contributed by atoms with Crippen LogP contribution in [0.15, 0.2) is 48.9 Å². The largest absolute Gasteiger partial charge is 0.487 e. The molecule has 0 saturated heterocycles. The molecule has 0 N–H and O–H groups in total. The van der Waals surface area contributed by atoms with Crippen molar-refractivity contribution in [3.05, 3.63) is 60.0 Å². The molecular formula is C16H16N2O. The number of benzene rings is 1. The Morgan fingerprint density at radius 1 is 1.21 bits per heavy atom. The van der Waals surface area contributed by atoms with Crippen LogP contribution in [0.2, 0.25) is 0 Å². The second-order valence-corrected chi connectivity index (χ2v) is 4.71. The van der Waals surface area contributed by atoms with Gasteiger partial charge in [-0.05, 0) is 30.7 Å². The summed E-state index contributed by atoms with van der Waals surface area (Å²) in [5.74, 6) is 0.799. The van der Waals surface area contributed by atoms with E-state index in [-0.39, 0.29) is 0 Å². The lowest BCUT2D eigenvalue weighted by Gasteiger charge is -2.05. The Bertz CT molecular complexity index is 701. The molecule has 0 spiro atoms. The molecule has 0 radical (unpaired) electrons. The molecule has 0 aliphatic heterocycles. The van der Waals surface area contributed by atoms with E-state index in [1.807, 2.05) is 12.1 Å². The van der Waals surface area contributed by atoms with E-state index in [1.54, 1.807) is 12.4 Å². The highest BCUT2D eigenvalue weighted by Gasteiger charge is 2.09. The lowest BCUT2D eigenvalue weighted by molar-refractivity contribution is 0.306. The number of fused-ring (bicyclic) bond motifs is 1. The van der Waals surface area contributed by atoms with Gasteiger partial charge in [0.25, 0.3) is 0 Å². The summed E-state index contributed by atoms with van der Waals surface area (Å²) in [6.07, 6.45) is 5.61. The standard InChI is InChI=1S/C16H16N2O/c1-12-5-3-7-15-16(12)13(10-18(15)2)11-19-14-6-4-8-17-9-14/h3-10H,11H2,1-2H3. The normalized spacial score (nSPS) is 10.8. The molecule has 0 fully saturated rings. The first kappa shape index (κ1) is 11.8. The first-order valence-electron chi connectivity index (χ1n) is 6.32. The van der Waals surface area contributed by atoms with Crippen LogP contribution in [0.4, 0.5) is 0 Å². The van der Waals surface area contributed by atoms with Gasteiger partial charge in [-0.3, -0.25) is 4.98 Å². The number of pyridine rings is 1. The van der Waals surface area contributed by atoms with Crippen LogP contribution in [0.5, 0.6) is 5.75 Å². The topological polar surface area (TPSA) is 27.1 Å². The Balaban J connectivity index is 1.93. The maximum Gasteiger partial charge on any atom is 0.138 e. The minimum Gasteiger partial charge on any atom is -0.487 e. The Morgan fingerprint density at radius 3 is 2.89 bits per heavy atom. The SMILES string of the molecule is Cc1cccc2c1c(COc1cccnc1)cn2C. The van der Waals surface area contributed by atoms with E-state index in [0.29, 0.717) is 6.61 Å². The fourth-order valence-corrected chi connectivity index (χ4v) is 2.43. The lowest BCUT2D eigenvalue weighted by Crippen LogP contribution is -1.95. The van der Waals surface area contributed by atoms with Crippen molar-refractivity contribution in [2.45, 2.75) is 13.5 Å². The average Bonchev–Trinajstić information content (AvgIpc) is 2.76. The molecule has 19 heavy (non-hydrogen) atoms. The molecule has 2 heterocycles. The molecule has 0 atom stereocenters. The fraction of sp³-hybridized carbons (Fsp3) is 0.188. The number of ether oxygens (including phenoxy) is 1. The molecule has 0 aliphatic carbocycles. The smallest absolute Gasteiger partial charge is 0.138 e. The van der Waals surface area contributed by atoms with Crippen LogP contribution in [-0.4, -0.2) is 9.55 Å². The van der Waals surface area contributed by atoms with Gasteiger partial charge in [-0.15, -0.1) is 0 Å². The predicted molar refractivity (Wildman–Crippen MR) is 76.2 cm³/mol. The molecule has 0 saturated carbocycles. The average molecular weight is 252 g/mol. The fourth-order valence-electron chi connectivity index (χ4n) is 2.43. The molecule has 0 bridgehead atoms. The highest BCUT2D eigenvalue weighted by molar-refractivity contribution is 5.87. The molecule has 3 nitrogen and oxygen atoms in total. The van der Waals surface area contributed by atoms with Crippen molar-refractivity contribution in [2.24, 2.45) is 7.05 Å². The van der Waals surface area contributed by atoms with Gasteiger partial charge in [0, 0.05) is 35.9 Å². The Kier molecular flexibility index (Phi) is 2.95. The number of hydrogen-bond donors (Lipinski definition) is 0. The van der Waals surface area contributed by atoms with Crippen LogP contribution in [0.1, 0.15) is 11.1 Å².